The number of aliphatic hydroxyl groups excluding tert-OH is 1. The van der Waals surface area contributed by atoms with Crippen LogP contribution in [0.1, 0.15) is 47.0 Å². The topological polar surface area (TPSA) is 90.8 Å². The molecule has 6 nitrogen and oxygen atoms in total. The lowest BCUT2D eigenvalue weighted by atomic mass is 10.0. The Hall–Kier alpha value is -0.0400. The highest BCUT2D eigenvalue weighted by molar-refractivity contribution is 8.06. The summed E-state index contributed by atoms with van der Waals surface area (Å²) in [6.45, 7) is 4.36. The Morgan fingerprint density at radius 2 is 1.95 bits per heavy atom. The van der Waals surface area contributed by atoms with Crippen LogP contribution in [-0.2, 0) is 25.6 Å². The molecule has 0 saturated carbocycles. The Balaban J connectivity index is 3.89. The number of rotatable bonds is 12. The smallest absolute Gasteiger partial charge is 0.222 e. The molecule has 1 amide bonds. The third kappa shape index (κ3) is 11.5. The van der Waals surface area contributed by atoms with Crippen LogP contribution >= 0.6 is 6.72 Å². The summed E-state index contributed by atoms with van der Waals surface area (Å²) in [5, 5.41) is 12.1. The van der Waals surface area contributed by atoms with Crippen molar-refractivity contribution in [3.05, 3.63) is 0 Å². The normalized spacial score (nSPS) is 15.8. The first-order valence-electron chi connectivity index (χ1n) is 7.70. The number of hydrogen-bond acceptors (Lipinski definition) is 6. The van der Waals surface area contributed by atoms with Gasteiger partial charge in [0.25, 0.3) is 0 Å². The van der Waals surface area contributed by atoms with Crippen LogP contribution in [-0.4, -0.2) is 36.9 Å². The largest absolute Gasteiger partial charge is 0.780 e. The number of unbranched alkanes of at least 4 members (excludes halogenated alkanes) is 1. The van der Waals surface area contributed by atoms with Crippen LogP contribution in [0.25, 0.3) is 0 Å². The molecule has 0 bridgehead atoms. The van der Waals surface area contributed by atoms with E-state index in [0.717, 1.165) is 12.8 Å². The van der Waals surface area contributed by atoms with E-state index in [1.165, 1.54) is 0 Å². The van der Waals surface area contributed by atoms with Crippen LogP contribution in [0.4, 0.5) is 0 Å². The minimum absolute atomic E-state index is 0.0132. The van der Waals surface area contributed by atoms with Gasteiger partial charge in [-0.2, -0.15) is 0 Å². The Bertz CT molecular complexity index is 365. The first kappa shape index (κ1) is 22.0. The average Bonchev–Trinajstić information content (AvgIpc) is 2.39. The van der Waals surface area contributed by atoms with E-state index in [1.54, 1.807) is 13.8 Å². The Kier molecular flexibility index (Phi) is 11.5. The lowest BCUT2D eigenvalue weighted by molar-refractivity contribution is -0.210. The second-order valence-corrected chi connectivity index (χ2v) is 8.59. The van der Waals surface area contributed by atoms with Gasteiger partial charge in [-0.25, -0.2) is 0 Å². The zero-order chi connectivity index (χ0) is 17.2. The van der Waals surface area contributed by atoms with Gasteiger partial charge in [0, 0.05) is 25.0 Å². The molecule has 8 heteroatoms. The summed E-state index contributed by atoms with van der Waals surface area (Å²) in [5.74, 6) is -0.103. The summed E-state index contributed by atoms with van der Waals surface area (Å²) >= 11 is 4.78. The van der Waals surface area contributed by atoms with Crippen LogP contribution in [0.2, 0.25) is 0 Å². The SMILES string of the molecule is CC(C)OP([O-])(=S)OCC(CO)CCCCNC(=O)C(C)C. The van der Waals surface area contributed by atoms with Crippen molar-refractivity contribution in [1.82, 2.24) is 5.32 Å². The number of aliphatic hydroxyl groups is 1. The monoisotopic (exact) mass is 354 g/mol. The number of carbonyl (C=O) groups is 1. The first-order chi connectivity index (χ1) is 10.2. The molecule has 2 unspecified atom stereocenters. The van der Waals surface area contributed by atoms with E-state index in [-0.39, 0.29) is 37.1 Å². The van der Waals surface area contributed by atoms with E-state index in [4.69, 9.17) is 20.9 Å². The number of amides is 1. The Labute approximate surface area is 138 Å². The molecule has 0 rings (SSSR count). The van der Waals surface area contributed by atoms with E-state index in [0.29, 0.717) is 13.0 Å². The van der Waals surface area contributed by atoms with Crippen molar-refractivity contribution in [3.63, 3.8) is 0 Å². The second-order valence-electron chi connectivity index (χ2n) is 5.89. The quantitative estimate of drug-likeness (QED) is 0.408. The lowest BCUT2D eigenvalue weighted by Crippen LogP contribution is -2.28. The molecule has 0 fully saturated rings. The Morgan fingerprint density at radius 3 is 2.45 bits per heavy atom. The molecule has 0 aromatic rings. The van der Waals surface area contributed by atoms with Crippen molar-refractivity contribution in [2.75, 3.05) is 19.8 Å². The van der Waals surface area contributed by atoms with Gasteiger partial charge in [0.15, 0.2) is 0 Å². The van der Waals surface area contributed by atoms with Crippen molar-refractivity contribution in [3.8, 4) is 0 Å². The maximum atomic E-state index is 11.8. The van der Waals surface area contributed by atoms with Crippen molar-refractivity contribution >= 4 is 24.4 Å². The van der Waals surface area contributed by atoms with Gasteiger partial charge in [-0.05, 0) is 26.7 Å². The summed E-state index contributed by atoms with van der Waals surface area (Å²) < 4.78 is 10.2. The Morgan fingerprint density at radius 1 is 1.32 bits per heavy atom. The summed E-state index contributed by atoms with van der Waals surface area (Å²) in [4.78, 5) is 23.2. The highest BCUT2D eigenvalue weighted by atomic mass is 32.5. The lowest BCUT2D eigenvalue weighted by Gasteiger charge is -2.30. The molecule has 0 aromatic carbocycles. The molecule has 2 N–H and O–H groups in total. The minimum atomic E-state index is -3.47. The average molecular weight is 354 g/mol. The van der Waals surface area contributed by atoms with Crippen molar-refractivity contribution < 1.29 is 23.8 Å². The number of hydrogen-bond donors (Lipinski definition) is 2. The maximum absolute atomic E-state index is 11.8. The fourth-order valence-corrected chi connectivity index (χ4v) is 3.36. The fraction of sp³-hybridized carbons (Fsp3) is 0.929. The summed E-state index contributed by atoms with van der Waals surface area (Å²) in [6, 6.07) is 0. The second kappa shape index (κ2) is 11.5. The number of nitrogens with one attached hydrogen (secondary N) is 1. The third-order valence-corrected chi connectivity index (χ3v) is 4.65. The third-order valence-electron chi connectivity index (χ3n) is 2.93. The molecule has 0 spiro atoms. The molecule has 22 heavy (non-hydrogen) atoms. The fourth-order valence-electron chi connectivity index (χ4n) is 1.69. The van der Waals surface area contributed by atoms with Gasteiger partial charge < -0.3 is 24.4 Å². The zero-order valence-electron chi connectivity index (χ0n) is 13.9. The zero-order valence-corrected chi connectivity index (χ0v) is 15.6. The van der Waals surface area contributed by atoms with E-state index in [2.05, 4.69) is 5.32 Å². The standard InChI is InChI=1S/C14H30NO5PS/c1-11(2)14(17)15-8-6-5-7-13(9-16)10-19-21(18,22)20-12(3)4/h11-13,16H,5-10H2,1-4H3,(H,15,17)(H,18,22)/p-1. The predicted molar refractivity (Wildman–Crippen MR) is 88.7 cm³/mol. The minimum Gasteiger partial charge on any atom is -0.780 e. The molecule has 0 aliphatic carbocycles. The summed E-state index contributed by atoms with van der Waals surface area (Å²) in [7, 11) is 0. The van der Waals surface area contributed by atoms with Crippen molar-refractivity contribution in [1.29, 1.82) is 0 Å². The molecular formula is C14H29NO5PS-. The van der Waals surface area contributed by atoms with Gasteiger partial charge in [0.2, 0.25) is 5.91 Å². The van der Waals surface area contributed by atoms with Crippen LogP contribution < -0.4 is 10.2 Å². The van der Waals surface area contributed by atoms with Crippen LogP contribution in [0, 0.1) is 11.8 Å². The van der Waals surface area contributed by atoms with Gasteiger partial charge in [-0.3, -0.25) is 4.79 Å². The summed E-state index contributed by atoms with van der Waals surface area (Å²) in [5.41, 5.74) is 0. The molecular weight excluding hydrogens is 325 g/mol. The van der Waals surface area contributed by atoms with E-state index >= 15 is 0 Å². The molecule has 0 heterocycles. The van der Waals surface area contributed by atoms with Gasteiger partial charge in [-0.15, -0.1) is 0 Å². The van der Waals surface area contributed by atoms with Crippen LogP contribution in [0.15, 0.2) is 0 Å². The van der Waals surface area contributed by atoms with Crippen LogP contribution in [0.5, 0.6) is 0 Å². The van der Waals surface area contributed by atoms with E-state index in [1.807, 2.05) is 13.8 Å². The van der Waals surface area contributed by atoms with Crippen LogP contribution in [0.3, 0.4) is 0 Å². The molecule has 0 aliphatic heterocycles. The number of carbonyl (C=O) groups excluding carboxylic acids is 1. The van der Waals surface area contributed by atoms with E-state index < -0.39 is 6.72 Å². The molecule has 0 aromatic heterocycles. The van der Waals surface area contributed by atoms with Gasteiger partial charge in [-0.1, -0.05) is 32.1 Å². The van der Waals surface area contributed by atoms with Gasteiger partial charge in [0.05, 0.1) is 12.7 Å². The summed E-state index contributed by atoms with van der Waals surface area (Å²) in [6.07, 6.45) is 2.11. The highest BCUT2D eigenvalue weighted by Gasteiger charge is 2.13. The van der Waals surface area contributed by atoms with Crippen molar-refractivity contribution in [2.24, 2.45) is 11.8 Å². The van der Waals surface area contributed by atoms with Crippen molar-refractivity contribution in [2.45, 2.75) is 53.1 Å². The molecule has 0 radical (unpaired) electrons. The first-order valence-corrected chi connectivity index (χ1v) is 10.3. The van der Waals surface area contributed by atoms with E-state index in [9.17, 15) is 14.8 Å². The molecule has 2 atom stereocenters. The maximum Gasteiger partial charge on any atom is 0.222 e. The molecule has 132 valence electrons. The van der Waals surface area contributed by atoms with Gasteiger partial charge >= 0.3 is 0 Å². The molecule has 0 saturated heterocycles. The highest BCUT2D eigenvalue weighted by Crippen LogP contribution is 2.40. The predicted octanol–water partition coefficient (Wildman–Crippen LogP) is 1.56. The van der Waals surface area contributed by atoms with Gasteiger partial charge in [0.1, 0.15) is 6.72 Å². The molecule has 0 aliphatic rings.